The van der Waals surface area contributed by atoms with E-state index < -0.39 is 5.97 Å². The molecule has 8 heteroatoms. The van der Waals surface area contributed by atoms with Gasteiger partial charge in [-0.05, 0) is 49.6 Å². The molecule has 0 spiro atoms. The molecule has 4 aromatic rings. The summed E-state index contributed by atoms with van der Waals surface area (Å²) in [5.74, 6) is -0.822. The first-order chi connectivity index (χ1) is 14.9. The summed E-state index contributed by atoms with van der Waals surface area (Å²) in [6.07, 6.45) is 1.91. The van der Waals surface area contributed by atoms with Crippen LogP contribution in [0.2, 0.25) is 0 Å². The lowest BCUT2D eigenvalue weighted by atomic mass is 10.0. The summed E-state index contributed by atoms with van der Waals surface area (Å²) in [5.41, 5.74) is 3.72. The van der Waals surface area contributed by atoms with Crippen molar-refractivity contribution in [3.63, 3.8) is 0 Å². The van der Waals surface area contributed by atoms with Gasteiger partial charge in [-0.25, -0.2) is 18.9 Å². The van der Waals surface area contributed by atoms with Crippen LogP contribution in [0.5, 0.6) is 0 Å². The summed E-state index contributed by atoms with van der Waals surface area (Å²) in [6, 6.07) is 13.8. The molecular formula is C23H19BrFN3O2S. The second kappa shape index (κ2) is 8.80. The van der Waals surface area contributed by atoms with Crippen LogP contribution in [-0.2, 0) is 11.8 Å². The van der Waals surface area contributed by atoms with Gasteiger partial charge in [0.1, 0.15) is 17.1 Å². The van der Waals surface area contributed by atoms with Gasteiger partial charge in [0.25, 0.3) is 0 Å². The van der Waals surface area contributed by atoms with Crippen LogP contribution in [0.1, 0.15) is 17.3 Å². The van der Waals surface area contributed by atoms with E-state index in [0.717, 1.165) is 26.0 Å². The Labute approximate surface area is 191 Å². The van der Waals surface area contributed by atoms with Crippen LogP contribution in [0.25, 0.3) is 33.5 Å². The zero-order valence-electron chi connectivity index (χ0n) is 17.1. The molecule has 0 unspecified atom stereocenters. The van der Waals surface area contributed by atoms with Crippen molar-refractivity contribution in [2.45, 2.75) is 11.8 Å². The molecule has 0 amide bonds. The second-order valence-electron chi connectivity index (χ2n) is 6.77. The zero-order valence-corrected chi connectivity index (χ0v) is 19.6. The third-order valence-electron chi connectivity index (χ3n) is 4.84. The molecule has 0 bridgehead atoms. The third kappa shape index (κ3) is 3.97. The molecule has 4 rings (SSSR count). The number of benzene rings is 2. The number of carbonyl (C=O) groups excluding carboxylic acids is 1. The highest BCUT2D eigenvalue weighted by molar-refractivity contribution is 9.10. The molecule has 0 saturated heterocycles. The Morgan fingerprint density at radius 2 is 1.71 bits per heavy atom. The fraction of sp³-hybridized carbons (Fsp3) is 0.174. The Balaban J connectivity index is 2.08. The molecule has 0 atom stereocenters. The number of rotatable bonds is 5. The molecule has 0 aliphatic rings. The Hall–Kier alpha value is -2.71. The number of aryl methyl sites for hydroxylation is 1. The molecular weight excluding hydrogens is 481 g/mol. The van der Waals surface area contributed by atoms with Gasteiger partial charge in [-0.1, -0.05) is 28.1 Å². The Kier molecular flexibility index (Phi) is 6.11. The maximum atomic E-state index is 13.5. The van der Waals surface area contributed by atoms with Crippen molar-refractivity contribution in [2.75, 3.05) is 12.9 Å². The molecule has 0 N–H and O–H groups in total. The zero-order chi connectivity index (χ0) is 22.1. The molecule has 0 saturated carbocycles. The van der Waals surface area contributed by atoms with Crippen molar-refractivity contribution in [2.24, 2.45) is 7.05 Å². The van der Waals surface area contributed by atoms with Gasteiger partial charge in [-0.3, -0.25) is 0 Å². The average Bonchev–Trinajstić information content (AvgIpc) is 3.10. The molecule has 0 aliphatic carbocycles. The van der Waals surface area contributed by atoms with E-state index in [9.17, 15) is 9.18 Å². The van der Waals surface area contributed by atoms with Crippen molar-refractivity contribution in [3.8, 4) is 22.5 Å². The summed E-state index contributed by atoms with van der Waals surface area (Å²) in [6.45, 7) is 2.00. The van der Waals surface area contributed by atoms with Gasteiger partial charge in [-0.2, -0.15) is 5.10 Å². The molecule has 0 aliphatic heterocycles. The van der Waals surface area contributed by atoms with E-state index in [-0.39, 0.29) is 12.4 Å². The van der Waals surface area contributed by atoms with E-state index in [4.69, 9.17) is 14.8 Å². The fourth-order valence-electron chi connectivity index (χ4n) is 3.47. The van der Waals surface area contributed by atoms with Crippen molar-refractivity contribution in [3.05, 3.63) is 64.4 Å². The lowest BCUT2D eigenvalue weighted by Gasteiger charge is -2.14. The predicted octanol–water partition coefficient (Wildman–Crippen LogP) is 6.10. The van der Waals surface area contributed by atoms with Crippen LogP contribution >= 0.6 is 27.7 Å². The summed E-state index contributed by atoms with van der Waals surface area (Å²) >= 11 is 4.90. The smallest absolute Gasteiger partial charge is 0.341 e. The van der Waals surface area contributed by atoms with E-state index in [2.05, 4.69) is 15.9 Å². The number of carbonyl (C=O) groups is 1. The maximum absolute atomic E-state index is 13.5. The molecule has 2 aromatic heterocycles. The molecule has 158 valence electrons. The molecule has 5 nitrogen and oxygen atoms in total. The van der Waals surface area contributed by atoms with Crippen molar-refractivity contribution < 1.29 is 13.9 Å². The SMILES string of the molecule is CCOC(=O)c1c(-c2ccc(F)cc2)nc2c(c(-c3ccc(Br)cc3)nn2C)c1SC. The number of aromatic nitrogens is 3. The standard InChI is InChI=1S/C23H19BrFN3O2S/c1-4-30-23(29)18-19(13-7-11-16(25)12-8-13)26-22-17(21(18)31-3)20(27-28(22)2)14-5-9-15(24)10-6-14/h5-12H,4H2,1-3H3. The minimum absolute atomic E-state index is 0.236. The lowest BCUT2D eigenvalue weighted by Crippen LogP contribution is -2.10. The van der Waals surface area contributed by atoms with Gasteiger partial charge >= 0.3 is 5.97 Å². The van der Waals surface area contributed by atoms with Crippen molar-refractivity contribution >= 4 is 44.7 Å². The van der Waals surface area contributed by atoms with E-state index in [1.165, 1.54) is 23.9 Å². The van der Waals surface area contributed by atoms with Crippen LogP contribution in [0.15, 0.2) is 57.9 Å². The number of thioether (sulfide) groups is 1. The van der Waals surface area contributed by atoms with E-state index in [1.807, 2.05) is 37.6 Å². The molecule has 0 radical (unpaired) electrons. The van der Waals surface area contributed by atoms with Crippen molar-refractivity contribution in [1.29, 1.82) is 0 Å². The summed E-state index contributed by atoms with van der Waals surface area (Å²) in [7, 11) is 1.82. The number of hydrogen-bond donors (Lipinski definition) is 0. The normalized spacial score (nSPS) is 11.1. The Morgan fingerprint density at radius 3 is 2.32 bits per heavy atom. The second-order valence-corrected chi connectivity index (χ2v) is 8.51. The first-order valence-corrected chi connectivity index (χ1v) is 11.6. The van der Waals surface area contributed by atoms with Gasteiger partial charge in [0, 0.05) is 27.5 Å². The highest BCUT2D eigenvalue weighted by atomic mass is 79.9. The van der Waals surface area contributed by atoms with Gasteiger partial charge in [0.15, 0.2) is 5.65 Å². The minimum Gasteiger partial charge on any atom is -0.462 e. The van der Waals surface area contributed by atoms with Crippen LogP contribution in [0.4, 0.5) is 4.39 Å². The summed E-state index contributed by atoms with van der Waals surface area (Å²) in [4.78, 5) is 18.6. The monoisotopic (exact) mass is 499 g/mol. The van der Waals surface area contributed by atoms with Crippen LogP contribution in [-0.4, -0.2) is 33.6 Å². The molecule has 2 heterocycles. The number of fused-ring (bicyclic) bond motifs is 1. The summed E-state index contributed by atoms with van der Waals surface area (Å²) in [5, 5.41) is 5.49. The minimum atomic E-state index is -0.466. The van der Waals surface area contributed by atoms with Gasteiger partial charge < -0.3 is 4.74 Å². The first-order valence-electron chi connectivity index (χ1n) is 9.58. The number of ether oxygens (including phenoxy) is 1. The molecule has 0 fully saturated rings. The predicted molar refractivity (Wildman–Crippen MR) is 125 cm³/mol. The fourth-order valence-corrected chi connectivity index (χ4v) is 4.51. The largest absolute Gasteiger partial charge is 0.462 e. The lowest BCUT2D eigenvalue weighted by molar-refractivity contribution is 0.0523. The number of pyridine rings is 1. The first kappa shape index (κ1) is 21.5. The highest BCUT2D eigenvalue weighted by Crippen LogP contribution is 2.40. The maximum Gasteiger partial charge on any atom is 0.341 e. The van der Waals surface area contributed by atoms with E-state index in [1.54, 1.807) is 23.7 Å². The van der Waals surface area contributed by atoms with E-state index in [0.29, 0.717) is 22.5 Å². The number of nitrogens with zero attached hydrogens (tertiary/aromatic N) is 3. The number of hydrogen-bond acceptors (Lipinski definition) is 5. The number of halogens is 2. The topological polar surface area (TPSA) is 57.0 Å². The van der Waals surface area contributed by atoms with Crippen LogP contribution < -0.4 is 0 Å². The third-order valence-corrected chi connectivity index (χ3v) is 6.19. The van der Waals surface area contributed by atoms with Crippen LogP contribution in [0.3, 0.4) is 0 Å². The van der Waals surface area contributed by atoms with Crippen LogP contribution in [0, 0.1) is 5.82 Å². The quantitative estimate of drug-likeness (QED) is 0.245. The van der Waals surface area contributed by atoms with Gasteiger partial charge in [0.05, 0.1) is 17.7 Å². The molecule has 2 aromatic carbocycles. The van der Waals surface area contributed by atoms with Gasteiger partial charge in [-0.15, -0.1) is 11.8 Å². The Morgan fingerprint density at radius 1 is 1.10 bits per heavy atom. The van der Waals surface area contributed by atoms with Crippen molar-refractivity contribution in [1.82, 2.24) is 14.8 Å². The van der Waals surface area contributed by atoms with Gasteiger partial charge in [0.2, 0.25) is 0 Å². The summed E-state index contributed by atoms with van der Waals surface area (Å²) < 4.78 is 21.6. The highest BCUT2D eigenvalue weighted by Gasteiger charge is 2.27. The number of esters is 1. The van der Waals surface area contributed by atoms with E-state index >= 15 is 0 Å². The average molecular weight is 500 g/mol. The Bertz CT molecular complexity index is 1270. The molecule has 31 heavy (non-hydrogen) atoms.